The number of amides is 1. The van der Waals surface area contributed by atoms with Crippen LogP contribution < -0.4 is 0 Å². The van der Waals surface area contributed by atoms with Crippen LogP contribution in [-0.4, -0.2) is 35.1 Å². The highest BCUT2D eigenvalue weighted by molar-refractivity contribution is 5.76. The quantitative estimate of drug-likeness (QED) is 0.803. The first-order valence-corrected chi connectivity index (χ1v) is 6.34. The Kier molecular flexibility index (Phi) is 4.78. The molecule has 0 spiro atoms. The fourth-order valence-electron chi connectivity index (χ4n) is 2.04. The molecule has 1 rings (SSSR count). The molecule has 0 aromatic heterocycles. The standard InChI is InChI=1S/C13H25NO2/c1-13(2,3)8-4-5-12(16)14-9-6-11(15)7-10-14/h11,15H,4-10H2,1-3H3. The van der Waals surface area contributed by atoms with Gasteiger partial charge in [-0.25, -0.2) is 0 Å². The average molecular weight is 227 g/mol. The van der Waals surface area contributed by atoms with Crippen LogP contribution in [0.25, 0.3) is 0 Å². The second kappa shape index (κ2) is 5.67. The van der Waals surface area contributed by atoms with Gasteiger partial charge in [-0.05, 0) is 31.1 Å². The summed E-state index contributed by atoms with van der Waals surface area (Å²) in [5, 5.41) is 9.35. The SMILES string of the molecule is CC(C)(C)CCCC(=O)N1CCC(O)CC1. The smallest absolute Gasteiger partial charge is 0.222 e. The molecular weight excluding hydrogens is 202 g/mol. The molecule has 0 aliphatic carbocycles. The molecule has 0 saturated carbocycles. The van der Waals surface area contributed by atoms with Crippen LogP contribution in [0.5, 0.6) is 0 Å². The van der Waals surface area contributed by atoms with E-state index >= 15 is 0 Å². The van der Waals surface area contributed by atoms with E-state index in [0.29, 0.717) is 11.8 Å². The Labute approximate surface area is 98.8 Å². The average Bonchev–Trinajstić information content (AvgIpc) is 2.16. The Morgan fingerprint density at radius 3 is 2.38 bits per heavy atom. The van der Waals surface area contributed by atoms with E-state index in [1.165, 1.54) is 0 Å². The number of nitrogens with zero attached hydrogens (tertiary/aromatic N) is 1. The van der Waals surface area contributed by atoms with Crippen molar-refractivity contribution in [3.05, 3.63) is 0 Å². The molecule has 0 unspecified atom stereocenters. The van der Waals surface area contributed by atoms with E-state index in [1.807, 2.05) is 4.90 Å². The highest BCUT2D eigenvalue weighted by atomic mass is 16.3. The van der Waals surface area contributed by atoms with E-state index in [-0.39, 0.29) is 12.0 Å². The Balaban J connectivity index is 2.20. The van der Waals surface area contributed by atoms with E-state index in [2.05, 4.69) is 20.8 Å². The van der Waals surface area contributed by atoms with Crippen molar-refractivity contribution in [3.63, 3.8) is 0 Å². The molecule has 1 saturated heterocycles. The minimum atomic E-state index is -0.196. The Bertz CT molecular complexity index is 225. The predicted molar refractivity (Wildman–Crippen MR) is 65.1 cm³/mol. The zero-order valence-corrected chi connectivity index (χ0v) is 10.8. The van der Waals surface area contributed by atoms with E-state index in [9.17, 15) is 9.90 Å². The Morgan fingerprint density at radius 2 is 1.88 bits per heavy atom. The highest BCUT2D eigenvalue weighted by Crippen LogP contribution is 2.22. The molecule has 1 aliphatic rings. The van der Waals surface area contributed by atoms with Gasteiger partial charge < -0.3 is 10.0 Å². The lowest BCUT2D eigenvalue weighted by Gasteiger charge is -2.30. The van der Waals surface area contributed by atoms with E-state index in [1.54, 1.807) is 0 Å². The molecular formula is C13H25NO2. The number of hydrogen-bond acceptors (Lipinski definition) is 2. The Hall–Kier alpha value is -0.570. The van der Waals surface area contributed by atoms with Crippen LogP contribution >= 0.6 is 0 Å². The molecule has 3 heteroatoms. The maximum atomic E-state index is 11.8. The van der Waals surface area contributed by atoms with Crippen molar-refractivity contribution in [1.29, 1.82) is 0 Å². The predicted octanol–water partition coefficient (Wildman–Crippen LogP) is 2.19. The van der Waals surface area contributed by atoms with Gasteiger partial charge in [0.1, 0.15) is 0 Å². The second-order valence-electron chi connectivity index (χ2n) is 6.03. The molecule has 0 aromatic carbocycles. The summed E-state index contributed by atoms with van der Waals surface area (Å²) >= 11 is 0. The third-order valence-electron chi connectivity index (χ3n) is 3.13. The van der Waals surface area contributed by atoms with Crippen LogP contribution in [0, 0.1) is 5.41 Å². The first kappa shape index (κ1) is 13.5. The van der Waals surface area contributed by atoms with Crippen molar-refractivity contribution >= 4 is 5.91 Å². The summed E-state index contributed by atoms with van der Waals surface area (Å²) in [5.74, 6) is 0.260. The summed E-state index contributed by atoms with van der Waals surface area (Å²) in [7, 11) is 0. The minimum absolute atomic E-state index is 0.196. The summed E-state index contributed by atoms with van der Waals surface area (Å²) in [4.78, 5) is 13.7. The molecule has 1 fully saturated rings. The van der Waals surface area contributed by atoms with Crippen molar-refractivity contribution in [2.45, 2.75) is 59.0 Å². The first-order chi connectivity index (χ1) is 7.38. The summed E-state index contributed by atoms with van der Waals surface area (Å²) in [6.07, 6.45) is 4.01. The molecule has 94 valence electrons. The van der Waals surface area contributed by atoms with Gasteiger partial charge in [-0.1, -0.05) is 20.8 Å². The second-order valence-corrected chi connectivity index (χ2v) is 6.03. The fraction of sp³-hybridized carbons (Fsp3) is 0.923. The topological polar surface area (TPSA) is 40.5 Å². The number of carbonyl (C=O) groups is 1. The van der Waals surface area contributed by atoms with Gasteiger partial charge in [-0.15, -0.1) is 0 Å². The van der Waals surface area contributed by atoms with Crippen LogP contribution in [0.3, 0.4) is 0 Å². The normalized spacial score (nSPS) is 18.9. The van der Waals surface area contributed by atoms with Gasteiger partial charge in [0.05, 0.1) is 6.10 Å². The maximum Gasteiger partial charge on any atom is 0.222 e. The molecule has 1 heterocycles. The lowest BCUT2D eigenvalue weighted by Crippen LogP contribution is -2.40. The van der Waals surface area contributed by atoms with Crippen molar-refractivity contribution in [3.8, 4) is 0 Å². The number of piperidine rings is 1. The summed E-state index contributed by atoms with van der Waals surface area (Å²) in [6, 6.07) is 0. The van der Waals surface area contributed by atoms with Crippen LogP contribution in [0.4, 0.5) is 0 Å². The lowest BCUT2D eigenvalue weighted by atomic mass is 9.90. The number of aliphatic hydroxyl groups excluding tert-OH is 1. The van der Waals surface area contributed by atoms with Gasteiger partial charge in [0.2, 0.25) is 5.91 Å². The van der Waals surface area contributed by atoms with E-state index in [0.717, 1.165) is 38.8 Å². The molecule has 3 nitrogen and oxygen atoms in total. The van der Waals surface area contributed by atoms with Crippen LogP contribution in [0.1, 0.15) is 52.9 Å². The third-order valence-corrected chi connectivity index (χ3v) is 3.13. The zero-order chi connectivity index (χ0) is 12.2. The molecule has 0 atom stereocenters. The molecule has 1 amide bonds. The number of aliphatic hydroxyl groups is 1. The third kappa shape index (κ3) is 4.97. The monoisotopic (exact) mass is 227 g/mol. The van der Waals surface area contributed by atoms with Crippen LogP contribution in [0.15, 0.2) is 0 Å². The van der Waals surface area contributed by atoms with Crippen molar-refractivity contribution < 1.29 is 9.90 Å². The van der Waals surface area contributed by atoms with Crippen LogP contribution in [-0.2, 0) is 4.79 Å². The van der Waals surface area contributed by atoms with Crippen molar-refractivity contribution in [2.75, 3.05) is 13.1 Å². The van der Waals surface area contributed by atoms with Crippen molar-refractivity contribution in [1.82, 2.24) is 4.90 Å². The van der Waals surface area contributed by atoms with Gasteiger partial charge in [0.25, 0.3) is 0 Å². The van der Waals surface area contributed by atoms with Gasteiger partial charge in [-0.2, -0.15) is 0 Å². The minimum Gasteiger partial charge on any atom is -0.393 e. The summed E-state index contributed by atoms with van der Waals surface area (Å²) < 4.78 is 0. The Morgan fingerprint density at radius 1 is 1.31 bits per heavy atom. The molecule has 1 aliphatic heterocycles. The van der Waals surface area contributed by atoms with Crippen LogP contribution in [0.2, 0.25) is 0 Å². The maximum absolute atomic E-state index is 11.8. The van der Waals surface area contributed by atoms with Gasteiger partial charge >= 0.3 is 0 Å². The van der Waals surface area contributed by atoms with Gasteiger partial charge in [0.15, 0.2) is 0 Å². The number of likely N-dealkylation sites (tertiary alicyclic amines) is 1. The lowest BCUT2D eigenvalue weighted by molar-refractivity contribution is -0.133. The zero-order valence-electron chi connectivity index (χ0n) is 10.8. The highest BCUT2D eigenvalue weighted by Gasteiger charge is 2.21. The van der Waals surface area contributed by atoms with Gasteiger partial charge in [-0.3, -0.25) is 4.79 Å². The van der Waals surface area contributed by atoms with E-state index < -0.39 is 0 Å². The number of carbonyl (C=O) groups excluding carboxylic acids is 1. The van der Waals surface area contributed by atoms with Crippen molar-refractivity contribution in [2.24, 2.45) is 5.41 Å². The first-order valence-electron chi connectivity index (χ1n) is 6.34. The summed E-state index contributed by atoms with van der Waals surface area (Å²) in [5.41, 5.74) is 0.318. The molecule has 0 bridgehead atoms. The summed E-state index contributed by atoms with van der Waals surface area (Å²) in [6.45, 7) is 8.07. The number of hydrogen-bond donors (Lipinski definition) is 1. The fourth-order valence-corrected chi connectivity index (χ4v) is 2.04. The largest absolute Gasteiger partial charge is 0.393 e. The molecule has 16 heavy (non-hydrogen) atoms. The van der Waals surface area contributed by atoms with Gasteiger partial charge in [0, 0.05) is 19.5 Å². The van der Waals surface area contributed by atoms with E-state index in [4.69, 9.17) is 0 Å². The molecule has 1 N–H and O–H groups in total. The molecule has 0 aromatic rings. The molecule has 0 radical (unpaired) electrons. The number of rotatable bonds is 3.